The highest BCUT2D eigenvalue weighted by atomic mass is 16.2. The molecule has 0 saturated carbocycles. The SMILES string of the molecule is O=C(NCCc1ccccn1)Nc1cccnc1. The van der Waals surface area contributed by atoms with Crippen LogP contribution in [-0.4, -0.2) is 22.5 Å². The summed E-state index contributed by atoms with van der Waals surface area (Å²) in [6.45, 7) is 0.545. The van der Waals surface area contributed by atoms with Gasteiger partial charge in [-0.3, -0.25) is 9.97 Å². The summed E-state index contributed by atoms with van der Waals surface area (Å²) in [4.78, 5) is 19.6. The van der Waals surface area contributed by atoms with E-state index in [1.165, 1.54) is 0 Å². The fourth-order valence-electron chi connectivity index (χ4n) is 1.46. The summed E-state index contributed by atoms with van der Waals surface area (Å²) in [6, 6.07) is 9.04. The summed E-state index contributed by atoms with van der Waals surface area (Å²) in [5, 5.41) is 5.46. The van der Waals surface area contributed by atoms with E-state index in [-0.39, 0.29) is 6.03 Å². The highest BCUT2D eigenvalue weighted by Crippen LogP contribution is 2.01. The molecule has 2 N–H and O–H groups in total. The first-order chi connectivity index (χ1) is 8.84. The van der Waals surface area contributed by atoms with Gasteiger partial charge in [-0.05, 0) is 24.3 Å². The molecule has 0 fully saturated rings. The van der Waals surface area contributed by atoms with Gasteiger partial charge in [-0.15, -0.1) is 0 Å². The number of hydrogen-bond donors (Lipinski definition) is 2. The van der Waals surface area contributed by atoms with Crippen molar-refractivity contribution in [2.45, 2.75) is 6.42 Å². The molecule has 2 heterocycles. The van der Waals surface area contributed by atoms with E-state index in [1.807, 2.05) is 18.2 Å². The third-order valence-electron chi connectivity index (χ3n) is 2.31. The minimum Gasteiger partial charge on any atom is -0.337 e. The van der Waals surface area contributed by atoms with Gasteiger partial charge in [0.2, 0.25) is 0 Å². The zero-order valence-electron chi connectivity index (χ0n) is 9.84. The van der Waals surface area contributed by atoms with E-state index >= 15 is 0 Å². The first-order valence-corrected chi connectivity index (χ1v) is 5.69. The van der Waals surface area contributed by atoms with Gasteiger partial charge in [0.05, 0.1) is 11.9 Å². The van der Waals surface area contributed by atoms with Gasteiger partial charge < -0.3 is 10.6 Å². The standard InChI is InChI=1S/C13H14N4O/c18-13(17-12-5-3-7-14-10-12)16-9-6-11-4-1-2-8-15-11/h1-5,7-8,10H,6,9H2,(H2,16,17,18). The van der Waals surface area contributed by atoms with Crippen LogP contribution in [0, 0.1) is 0 Å². The number of urea groups is 1. The Morgan fingerprint density at radius 3 is 2.83 bits per heavy atom. The van der Waals surface area contributed by atoms with Gasteiger partial charge in [0.1, 0.15) is 0 Å². The average Bonchev–Trinajstić information content (AvgIpc) is 2.41. The summed E-state index contributed by atoms with van der Waals surface area (Å²) in [5.41, 5.74) is 1.63. The Morgan fingerprint density at radius 1 is 1.17 bits per heavy atom. The van der Waals surface area contributed by atoms with Crippen molar-refractivity contribution in [3.8, 4) is 0 Å². The monoisotopic (exact) mass is 242 g/mol. The molecule has 0 aromatic carbocycles. The summed E-state index contributed by atoms with van der Waals surface area (Å²) < 4.78 is 0. The lowest BCUT2D eigenvalue weighted by Gasteiger charge is -2.06. The number of aromatic nitrogens is 2. The van der Waals surface area contributed by atoms with Crippen molar-refractivity contribution >= 4 is 11.7 Å². The van der Waals surface area contributed by atoms with Crippen molar-refractivity contribution in [3.63, 3.8) is 0 Å². The van der Waals surface area contributed by atoms with Crippen LogP contribution in [0.1, 0.15) is 5.69 Å². The van der Waals surface area contributed by atoms with E-state index in [2.05, 4.69) is 20.6 Å². The van der Waals surface area contributed by atoms with E-state index in [0.717, 1.165) is 5.69 Å². The molecular formula is C13H14N4O. The van der Waals surface area contributed by atoms with Crippen molar-refractivity contribution in [1.29, 1.82) is 0 Å². The van der Waals surface area contributed by atoms with E-state index in [0.29, 0.717) is 18.7 Å². The number of carbonyl (C=O) groups is 1. The second kappa shape index (κ2) is 6.34. The van der Waals surface area contributed by atoms with Crippen LogP contribution in [0.4, 0.5) is 10.5 Å². The minimum atomic E-state index is -0.237. The molecule has 18 heavy (non-hydrogen) atoms. The predicted octanol–water partition coefficient (Wildman–Crippen LogP) is 1.84. The normalized spacial score (nSPS) is 9.78. The maximum atomic E-state index is 11.5. The topological polar surface area (TPSA) is 66.9 Å². The number of carbonyl (C=O) groups excluding carboxylic acids is 1. The van der Waals surface area contributed by atoms with Crippen LogP contribution in [0.3, 0.4) is 0 Å². The zero-order valence-corrected chi connectivity index (χ0v) is 9.84. The Kier molecular flexibility index (Phi) is 4.24. The van der Waals surface area contributed by atoms with Gasteiger partial charge in [-0.25, -0.2) is 4.79 Å². The third kappa shape index (κ3) is 3.86. The smallest absolute Gasteiger partial charge is 0.319 e. The summed E-state index contributed by atoms with van der Waals surface area (Å²) >= 11 is 0. The number of amides is 2. The Bertz CT molecular complexity index is 487. The molecule has 0 aliphatic heterocycles. The minimum absolute atomic E-state index is 0.237. The number of anilines is 1. The lowest BCUT2D eigenvalue weighted by atomic mass is 10.3. The molecule has 2 rings (SSSR count). The van der Waals surface area contributed by atoms with Gasteiger partial charge in [0, 0.05) is 31.1 Å². The number of nitrogens with zero attached hydrogens (tertiary/aromatic N) is 2. The van der Waals surface area contributed by atoms with Crippen LogP contribution in [0.2, 0.25) is 0 Å². The van der Waals surface area contributed by atoms with E-state index in [1.54, 1.807) is 30.7 Å². The fourth-order valence-corrected chi connectivity index (χ4v) is 1.46. The van der Waals surface area contributed by atoms with Crippen molar-refractivity contribution in [3.05, 3.63) is 54.6 Å². The van der Waals surface area contributed by atoms with Crippen LogP contribution in [0.5, 0.6) is 0 Å². The van der Waals surface area contributed by atoms with Crippen LogP contribution >= 0.6 is 0 Å². The van der Waals surface area contributed by atoms with E-state index in [9.17, 15) is 4.79 Å². The molecule has 2 aromatic heterocycles. The zero-order chi connectivity index (χ0) is 12.6. The molecule has 0 saturated heterocycles. The third-order valence-corrected chi connectivity index (χ3v) is 2.31. The first kappa shape index (κ1) is 12.0. The molecule has 5 heteroatoms. The maximum absolute atomic E-state index is 11.5. The Labute approximate surface area is 105 Å². The molecule has 0 radical (unpaired) electrons. The Hall–Kier alpha value is -2.43. The highest BCUT2D eigenvalue weighted by molar-refractivity contribution is 5.88. The molecule has 5 nitrogen and oxygen atoms in total. The molecule has 0 bridgehead atoms. The van der Waals surface area contributed by atoms with Gasteiger partial charge in [0.25, 0.3) is 0 Å². The quantitative estimate of drug-likeness (QED) is 0.859. The lowest BCUT2D eigenvalue weighted by molar-refractivity contribution is 0.252. The van der Waals surface area contributed by atoms with Gasteiger partial charge in [-0.2, -0.15) is 0 Å². The highest BCUT2D eigenvalue weighted by Gasteiger charge is 2.00. The van der Waals surface area contributed by atoms with Crippen molar-refractivity contribution in [2.24, 2.45) is 0 Å². The van der Waals surface area contributed by atoms with Gasteiger partial charge >= 0.3 is 6.03 Å². The molecule has 0 aliphatic rings. The Morgan fingerprint density at radius 2 is 2.11 bits per heavy atom. The number of hydrogen-bond acceptors (Lipinski definition) is 3. The number of nitrogens with one attached hydrogen (secondary N) is 2. The number of rotatable bonds is 4. The molecule has 0 atom stereocenters. The molecule has 92 valence electrons. The average molecular weight is 242 g/mol. The largest absolute Gasteiger partial charge is 0.337 e. The molecule has 0 unspecified atom stereocenters. The molecule has 0 aliphatic carbocycles. The van der Waals surface area contributed by atoms with E-state index < -0.39 is 0 Å². The molecule has 2 aromatic rings. The van der Waals surface area contributed by atoms with E-state index in [4.69, 9.17) is 0 Å². The number of pyridine rings is 2. The predicted molar refractivity (Wildman–Crippen MR) is 69.2 cm³/mol. The second-order valence-electron chi connectivity index (χ2n) is 3.69. The Balaban J connectivity index is 1.73. The van der Waals surface area contributed by atoms with Crippen molar-refractivity contribution in [2.75, 3.05) is 11.9 Å². The van der Waals surface area contributed by atoms with Crippen molar-refractivity contribution in [1.82, 2.24) is 15.3 Å². The van der Waals surface area contributed by atoms with Crippen LogP contribution in [0.25, 0.3) is 0 Å². The maximum Gasteiger partial charge on any atom is 0.319 e. The van der Waals surface area contributed by atoms with Crippen LogP contribution in [-0.2, 0) is 6.42 Å². The first-order valence-electron chi connectivity index (χ1n) is 5.69. The van der Waals surface area contributed by atoms with Gasteiger partial charge in [0.15, 0.2) is 0 Å². The second-order valence-corrected chi connectivity index (χ2v) is 3.69. The summed E-state index contributed by atoms with van der Waals surface area (Å²) in [7, 11) is 0. The van der Waals surface area contributed by atoms with Gasteiger partial charge in [-0.1, -0.05) is 6.07 Å². The molecule has 2 amide bonds. The lowest BCUT2D eigenvalue weighted by Crippen LogP contribution is -2.30. The molecular weight excluding hydrogens is 228 g/mol. The fraction of sp³-hybridized carbons (Fsp3) is 0.154. The van der Waals surface area contributed by atoms with Crippen molar-refractivity contribution < 1.29 is 4.79 Å². The summed E-state index contributed by atoms with van der Waals surface area (Å²) in [5.74, 6) is 0. The van der Waals surface area contributed by atoms with Crippen LogP contribution in [0.15, 0.2) is 48.9 Å². The molecule has 0 spiro atoms. The summed E-state index contributed by atoms with van der Waals surface area (Å²) in [6.07, 6.45) is 5.70. The van der Waals surface area contributed by atoms with Crippen LogP contribution < -0.4 is 10.6 Å².